The quantitative estimate of drug-likeness (QED) is 0.650. The Morgan fingerprint density at radius 2 is 1.88 bits per heavy atom. The first kappa shape index (κ1) is 15.3. The van der Waals surface area contributed by atoms with E-state index in [9.17, 15) is 4.79 Å². The lowest BCUT2D eigenvalue weighted by molar-refractivity contribution is -0.122. The standard InChI is InChI=1S/C11H23N3OS/c1-8(2)5-13-11(15)7-14(9(3)4)6-10(12)16/h8-9H,5-7H2,1-4H3,(H2,12,16)(H,13,15). The highest BCUT2D eigenvalue weighted by molar-refractivity contribution is 7.80. The van der Waals surface area contributed by atoms with Crippen LogP contribution in [-0.2, 0) is 4.79 Å². The van der Waals surface area contributed by atoms with Crippen molar-refractivity contribution in [3.8, 4) is 0 Å². The Labute approximate surface area is 104 Å². The summed E-state index contributed by atoms with van der Waals surface area (Å²) in [6.07, 6.45) is 0. The number of carbonyl (C=O) groups is 1. The molecule has 0 fully saturated rings. The van der Waals surface area contributed by atoms with Crippen molar-refractivity contribution in [2.45, 2.75) is 33.7 Å². The van der Waals surface area contributed by atoms with E-state index in [1.54, 1.807) is 0 Å². The molecule has 0 radical (unpaired) electrons. The van der Waals surface area contributed by atoms with Crippen molar-refractivity contribution in [1.82, 2.24) is 10.2 Å². The Morgan fingerprint density at radius 3 is 2.25 bits per heavy atom. The third-order valence-electron chi connectivity index (χ3n) is 2.14. The number of amides is 1. The molecule has 94 valence electrons. The van der Waals surface area contributed by atoms with Crippen molar-refractivity contribution in [2.75, 3.05) is 19.6 Å². The van der Waals surface area contributed by atoms with Crippen LogP contribution in [-0.4, -0.2) is 41.5 Å². The van der Waals surface area contributed by atoms with E-state index in [1.165, 1.54) is 0 Å². The molecule has 0 bridgehead atoms. The van der Waals surface area contributed by atoms with E-state index in [2.05, 4.69) is 19.2 Å². The number of nitrogens with zero attached hydrogens (tertiary/aromatic N) is 1. The van der Waals surface area contributed by atoms with Gasteiger partial charge in [-0.3, -0.25) is 9.69 Å². The number of rotatable bonds is 7. The SMILES string of the molecule is CC(C)CNC(=O)CN(CC(N)=S)C(C)C. The number of nitrogens with one attached hydrogen (secondary N) is 1. The molecule has 0 aliphatic rings. The second-order valence-electron chi connectivity index (χ2n) is 4.66. The fourth-order valence-corrected chi connectivity index (χ4v) is 1.35. The van der Waals surface area contributed by atoms with Gasteiger partial charge in [-0.25, -0.2) is 0 Å². The van der Waals surface area contributed by atoms with Crippen molar-refractivity contribution in [1.29, 1.82) is 0 Å². The van der Waals surface area contributed by atoms with Gasteiger partial charge in [0, 0.05) is 19.1 Å². The number of hydrogen-bond acceptors (Lipinski definition) is 3. The maximum atomic E-state index is 11.6. The van der Waals surface area contributed by atoms with Crippen molar-refractivity contribution in [2.24, 2.45) is 11.7 Å². The van der Waals surface area contributed by atoms with Gasteiger partial charge in [0.1, 0.15) is 0 Å². The third kappa shape index (κ3) is 7.59. The normalized spacial score (nSPS) is 11.2. The van der Waals surface area contributed by atoms with Gasteiger partial charge in [0.15, 0.2) is 0 Å². The van der Waals surface area contributed by atoms with Crippen molar-refractivity contribution in [3.63, 3.8) is 0 Å². The zero-order valence-electron chi connectivity index (χ0n) is 10.6. The van der Waals surface area contributed by atoms with Crippen LogP contribution in [0.1, 0.15) is 27.7 Å². The lowest BCUT2D eigenvalue weighted by atomic mass is 10.2. The van der Waals surface area contributed by atoms with Crippen LogP contribution in [0.2, 0.25) is 0 Å². The monoisotopic (exact) mass is 245 g/mol. The van der Waals surface area contributed by atoms with Gasteiger partial charge in [-0.1, -0.05) is 26.1 Å². The van der Waals surface area contributed by atoms with Gasteiger partial charge in [0.25, 0.3) is 0 Å². The van der Waals surface area contributed by atoms with Crippen molar-refractivity contribution < 1.29 is 4.79 Å². The van der Waals surface area contributed by atoms with Gasteiger partial charge in [-0.15, -0.1) is 0 Å². The van der Waals surface area contributed by atoms with Crippen LogP contribution in [0.5, 0.6) is 0 Å². The van der Waals surface area contributed by atoms with Gasteiger partial charge in [0.05, 0.1) is 11.5 Å². The van der Waals surface area contributed by atoms with E-state index in [1.807, 2.05) is 18.7 Å². The van der Waals surface area contributed by atoms with Crippen LogP contribution >= 0.6 is 12.2 Å². The van der Waals surface area contributed by atoms with Crippen LogP contribution < -0.4 is 11.1 Å². The summed E-state index contributed by atoms with van der Waals surface area (Å²) in [6.45, 7) is 9.72. The molecular weight excluding hydrogens is 222 g/mol. The van der Waals surface area contributed by atoms with Gasteiger partial charge >= 0.3 is 0 Å². The number of nitrogens with two attached hydrogens (primary N) is 1. The van der Waals surface area contributed by atoms with Crippen LogP contribution in [0, 0.1) is 5.92 Å². The molecule has 0 aliphatic carbocycles. The third-order valence-corrected chi connectivity index (χ3v) is 2.27. The highest BCUT2D eigenvalue weighted by Crippen LogP contribution is 1.97. The summed E-state index contributed by atoms with van der Waals surface area (Å²) in [5.41, 5.74) is 5.49. The molecule has 3 N–H and O–H groups in total. The van der Waals surface area contributed by atoms with Crippen molar-refractivity contribution in [3.05, 3.63) is 0 Å². The van der Waals surface area contributed by atoms with Crippen LogP contribution in [0.4, 0.5) is 0 Å². The largest absolute Gasteiger partial charge is 0.392 e. The lowest BCUT2D eigenvalue weighted by Crippen LogP contribution is -2.44. The summed E-state index contributed by atoms with van der Waals surface area (Å²) >= 11 is 4.85. The summed E-state index contributed by atoms with van der Waals surface area (Å²) in [4.78, 5) is 14.0. The van der Waals surface area contributed by atoms with Crippen molar-refractivity contribution >= 4 is 23.1 Å². The Bertz CT molecular complexity index is 241. The second-order valence-corrected chi connectivity index (χ2v) is 5.19. The zero-order chi connectivity index (χ0) is 12.7. The average Bonchev–Trinajstić information content (AvgIpc) is 2.12. The molecule has 0 rings (SSSR count). The Kier molecular flexibility index (Phi) is 7.25. The van der Waals surface area contributed by atoms with Crippen LogP contribution in [0.3, 0.4) is 0 Å². The topological polar surface area (TPSA) is 58.4 Å². The highest BCUT2D eigenvalue weighted by Gasteiger charge is 2.14. The summed E-state index contributed by atoms with van der Waals surface area (Å²) in [7, 11) is 0. The predicted octanol–water partition coefficient (Wildman–Crippen LogP) is 0.755. The maximum Gasteiger partial charge on any atom is 0.234 e. The molecule has 4 nitrogen and oxygen atoms in total. The zero-order valence-corrected chi connectivity index (χ0v) is 11.4. The van der Waals surface area contributed by atoms with Crippen LogP contribution in [0.25, 0.3) is 0 Å². The molecule has 0 heterocycles. The fourth-order valence-electron chi connectivity index (χ4n) is 1.18. The lowest BCUT2D eigenvalue weighted by Gasteiger charge is -2.25. The summed E-state index contributed by atoms with van der Waals surface area (Å²) in [5.74, 6) is 0.491. The Morgan fingerprint density at radius 1 is 1.31 bits per heavy atom. The minimum atomic E-state index is 0.0265. The molecule has 5 heteroatoms. The first-order valence-electron chi connectivity index (χ1n) is 5.62. The minimum absolute atomic E-state index is 0.0265. The van der Waals surface area contributed by atoms with Gasteiger partial charge in [-0.2, -0.15) is 0 Å². The van der Waals surface area contributed by atoms with Crippen LogP contribution in [0.15, 0.2) is 0 Å². The fraction of sp³-hybridized carbons (Fsp3) is 0.818. The highest BCUT2D eigenvalue weighted by atomic mass is 32.1. The molecular formula is C11H23N3OS. The van der Waals surface area contributed by atoms with Gasteiger partial charge < -0.3 is 11.1 Å². The molecule has 16 heavy (non-hydrogen) atoms. The molecule has 0 aromatic rings. The summed E-state index contributed by atoms with van der Waals surface area (Å²) in [5, 5.41) is 2.88. The summed E-state index contributed by atoms with van der Waals surface area (Å²) < 4.78 is 0. The molecule has 0 aromatic heterocycles. The Balaban J connectivity index is 4.08. The first-order chi connectivity index (χ1) is 7.32. The van der Waals surface area contributed by atoms with E-state index in [-0.39, 0.29) is 11.9 Å². The first-order valence-corrected chi connectivity index (χ1v) is 6.02. The van der Waals surface area contributed by atoms with Gasteiger partial charge in [0.2, 0.25) is 5.91 Å². The second kappa shape index (κ2) is 7.57. The van der Waals surface area contributed by atoms with E-state index in [0.29, 0.717) is 30.5 Å². The molecule has 0 unspecified atom stereocenters. The smallest absolute Gasteiger partial charge is 0.234 e. The number of thiocarbonyl (C=S) groups is 1. The van der Waals surface area contributed by atoms with E-state index in [0.717, 1.165) is 0 Å². The van der Waals surface area contributed by atoms with Gasteiger partial charge in [-0.05, 0) is 19.8 Å². The summed E-state index contributed by atoms with van der Waals surface area (Å²) in [6, 6.07) is 0.256. The molecule has 0 aliphatic heterocycles. The molecule has 0 atom stereocenters. The molecule has 0 aromatic carbocycles. The molecule has 1 amide bonds. The average molecular weight is 245 g/mol. The predicted molar refractivity (Wildman–Crippen MR) is 71.3 cm³/mol. The van der Waals surface area contributed by atoms with E-state index < -0.39 is 0 Å². The number of carbonyl (C=O) groups excluding carboxylic acids is 1. The van der Waals surface area contributed by atoms with E-state index in [4.69, 9.17) is 18.0 Å². The molecule has 0 spiro atoms. The molecule has 0 saturated heterocycles. The maximum absolute atomic E-state index is 11.6. The van der Waals surface area contributed by atoms with E-state index >= 15 is 0 Å². The minimum Gasteiger partial charge on any atom is -0.392 e. The number of hydrogen-bond donors (Lipinski definition) is 2. The molecule has 0 saturated carbocycles. The Hall–Kier alpha value is -0.680.